The molecule has 8 heteroatoms. The Morgan fingerprint density at radius 3 is 2.84 bits per heavy atom. The molecule has 0 saturated heterocycles. The van der Waals surface area contributed by atoms with Crippen molar-refractivity contribution in [2.75, 3.05) is 19.9 Å². The predicted octanol–water partition coefficient (Wildman–Crippen LogP) is 0.326. The highest BCUT2D eigenvalue weighted by Gasteiger charge is 2.24. The molecule has 19 heavy (non-hydrogen) atoms. The van der Waals surface area contributed by atoms with Gasteiger partial charge in [0.1, 0.15) is 5.85 Å². The van der Waals surface area contributed by atoms with Crippen molar-refractivity contribution in [3.63, 3.8) is 0 Å². The number of aliphatic hydroxyl groups excluding tert-OH is 1. The number of aliphatic hydroxyl groups is 1. The molecule has 0 heterocycles. The molecule has 0 aliphatic heterocycles. The molecule has 0 aromatic heterocycles. The maximum Gasteiger partial charge on any atom is 0.254 e. The number of carbonyl (C=O) groups is 1. The van der Waals surface area contributed by atoms with Crippen molar-refractivity contribution in [3.8, 4) is 0 Å². The SMILES string of the molecule is CP(=O)(O)C(O)CNCN(O)C(=O)C1C=CCCC1. The maximum atomic E-state index is 11.8. The second kappa shape index (κ2) is 7.17. The molecule has 1 aliphatic rings. The van der Waals surface area contributed by atoms with Crippen LogP contribution in [-0.2, 0) is 9.36 Å². The third-order valence-corrected chi connectivity index (χ3v) is 4.26. The minimum atomic E-state index is -3.57. The summed E-state index contributed by atoms with van der Waals surface area (Å²) in [6, 6.07) is 0. The highest BCUT2D eigenvalue weighted by molar-refractivity contribution is 7.57. The summed E-state index contributed by atoms with van der Waals surface area (Å²) >= 11 is 0. The number of nitrogens with one attached hydrogen (secondary N) is 1. The predicted molar refractivity (Wildman–Crippen MR) is 69.7 cm³/mol. The third kappa shape index (κ3) is 5.42. The van der Waals surface area contributed by atoms with Gasteiger partial charge < -0.3 is 10.00 Å². The Labute approximate surface area is 112 Å². The number of hydrogen-bond acceptors (Lipinski definition) is 5. The minimum Gasteiger partial charge on any atom is -0.382 e. The van der Waals surface area contributed by atoms with E-state index in [1.54, 1.807) is 6.08 Å². The molecule has 1 rings (SSSR count). The molecule has 0 bridgehead atoms. The van der Waals surface area contributed by atoms with Crippen molar-refractivity contribution >= 4 is 13.3 Å². The first kappa shape index (κ1) is 16.3. The van der Waals surface area contributed by atoms with Crippen molar-refractivity contribution < 1.29 is 24.6 Å². The number of allylic oxidation sites excluding steroid dienone is 1. The second-order valence-corrected chi connectivity index (χ2v) is 7.22. The molecule has 3 unspecified atom stereocenters. The van der Waals surface area contributed by atoms with Gasteiger partial charge >= 0.3 is 0 Å². The normalized spacial score (nSPS) is 23.7. The van der Waals surface area contributed by atoms with E-state index in [4.69, 9.17) is 4.89 Å². The van der Waals surface area contributed by atoms with Gasteiger partial charge in [0.05, 0.1) is 12.6 Å². The molecule has 3 atom stereocenters. The topological polar surface area (TPSA) is 110 Å². The molecular formula is C11H21N2O5P. The van der Waals surface area contributed by atoms with E-state index in [1.165, 1.54) is 0 Å². The van der Waals surface area contributed by atoms with Crippen LogP contribution in [0.1, 0.15) is 19.3 Å². The van der Waals surface area contributed by atoms with Crippen LogP contribution in [0.2, 0.25) is 0 Å². The van der Waals surface area contributed by atoms with Gasteiger partial charge in [-0.3, -0.25) is 19.9 Å². The Morgan fingerprint density at radius 1 is 1.63 bits per heavy atom. The van der Waals surface area contributed by atoms with Crippen LogP contribution in [0.15, 0.2) is 12.2 Å². The summed E-state index contributed by atoms with van der Waals surface area (Å²) in [5.41, 5.74) is 0. The van der Waals surface area contributed by atoms with Crippen LogP contribution in [0.3, 0.4) is 0 Å². The molecule has 0 aromatic rings. The molecule has 0 fully saturated rings. The van der Waals surface area contributed by atoms with Gasteiger partial charge in [-0.15, -0.1) is 0 Å². The van der Waals surface area contributed by atoms with Gasteiger partial charge in [-0.1, -0.05) is 12.2 Å². The van der Waals surface area contributed by atoms with E-state index in [1.807, 2.05) is 6.08 Å². The van der Waals surface area contributed by atoms with E-state index in [2.05, 4.69) is 5.32 Å². The van der Waals surface area contributed by atoms with Crippen LogP contribution < -0.4 is 5.32 Å². The largest absolute Gasteiger partial charge is 0.382 e. The Hall–Kier alpha value is -0.720. The average molecular weight is 292 g/mol. The number of hydrogen-bond donors (Lipinski definition) is 4. The average Bonchev–Trinajstić information content (AvgIpc) is 2.37. The zero-order chi connectivity index (χ0) is 14.5. The Morgan fingerprint density at radius 2 is 2.32 bits per heavy atom. The van der Waals surface area contributed by atoms with E-state index in [0.29, 0.717) is 11.5 Å². The highest BCUT2D eigenvalue weighted by Crippen LogP contribution is 2.39. The molecule has 1 aliphatic carbocycles. The maximum absolute atomic E-state index is 11.8. The van der Waals surface area contributed by atoms with Crippen LogP contribution in [-0.4, -0.2) is 51.9 Å². The fourth-order valence-corrected chi connectivity index (χ4v) is 2.22. The van der Waals surface area contributed by atoms with Crippen LogP contribution in [0, 0.1) is 5.92 Å². The van der Waals surface area contributed by atoms with Gasteiger partial charge in [-0.25, -0.2) is 5.06 Å². The second-order valence-electron chi connectivity index (χ2n) is 4.74. The summed E-state index contributed by atoms with van der Waals surface area (Å²) in [6.07, 6.45) is 6.25. The van der Waals surface area contributed by atoms with Crippen LogP contribution in [0.25, 0.3) is 0 Å². The lowest BCUT2D eigenvalue weighted by Gasteiger charge is -2.23. The van der Waals surface area contributed by atoms with Gasteiger partial charge in [0.15, 0.2) is 0 Å². The van der Waals surface area contributed by atoms with Crippen molar-refractivity contribution in [2.45, 2.75) is 25.1 Å². The van der Waals surface area contributed by atoms with Crippen LogP contribution >= 0.6 is 7.37 Å². The van der Waals surface area contributed by atoms with E-state index >= 15 is 0 Å². The Kier molecular flexibility index (Phi) is 6.16. The lowest BCUT2D eigenvalue weighted by molar-refractivity contribution is -0.170. The minimum absolute atomic E-state index is 0.172. The molecule has 0 aromatic carbocycles. The first-order valence-electron chi connectivity index (χ1n) is 6.18. The summed E-state index contributed by atoms with van der Waals surface area (Å²) in [4.78, 5) is 20.9. The summed E-state index contributed by atoms with van der Waals surface area (Å²) < 4.78 is 11.1. The highest BCUT2D eigenvalue weighted by atomic mass is 31.2. The molecule has 0 spiro atoms. The summed E-state index contributed by atoms with van der Waals surface area (Å²) in [5.74, 6) is -2.15. The lowest BCUT2D eigenvalue weighted by Crippen LogP contribution is -2.41. The lowest BCUT2D eigenvalue weighted by atomic mass is 9.95. The van der Waals surface area contributed by atoms with E-state index in [9.17, 15) is 19.7 Å². The van der Waals surface area contributed by atoms with Gasteiger partial charge in [0.25, 0.3) is 5.91 Å². The van der Waals surface area contributed by atoms with Crippen molar-refractivity contribution in [1.82, 2.24) is 10.4 Å². The van der Waals surface area contributed by atoms with Crippen molar-refractivity contribution in [1.29, 1.82) is 0 Å². The van der Waals surface area contributed by atoms with Gasteiger partial charge in [0, 0.05) is 13.2 Å². The molecule has 110 valence electrons. The third-order valence-electron chi connectivity index (χ3n) is 2.97. The van der Waals surface area contributed by atoms with Gasteiger partial charge in [-0.2, -0.15) is 0 Å². The molecule has 0 radical (unpaired) electrons. The van der Waals surface area contributed by atoms with Crippen LogP contribution in [0.4, 0.5) is 0 Å². The molecule has 4 N–H and O–H groups in total. The number of hydroxylamine groups is 2. The zero-order valence-electron chi connectivity index (χ0n) is 10.9. The fourth-order valence-electron chi connectivity index (χ4n) is 1.76. The van der Waals surface area contributed by atoms with Crippen molar-refractivity contribution in [2.24, 2.45) is 5.92 Å². The standard InChI is InChI=1S/C11H21N2O5P/c1-19(17,18)10(14)7-12-8-13(16)11(15)9-5-3-2-4-6-9/h3,5,9-10,12,14,16H,2,4,6-8H2,1H3,(H,17,18). The summed E-state index contributed by atoms with van der Waals surface area (Å²) in [5, 5.41) is 22.0. The quantitative estimate of drug-likeness (QED) is 0.185. The number of rotatable bonds is 6. The van der Waals surface area contributed by atoms with Gasteiger partial charge in [0.2, 0.25) is 7.37 Å². The van der Waals surface area contributed by atoms with E-state index < -0.39 is 19.1 Å². The Bertz CT molecular complexity index is 381. The number of nitrogens with zero attached hydrogens (tertiary/aromatic N) is 1. The molecule has 7 nitrogen and oxygen atoms in total. The van der Waals surface area contributed by atoms with Gasteiger partial charge in [-0.05, 0) is 19.3 Å². The molecule has 0 saturated carbocycles. The monoisotopic (exact) mass is 292 g/mol. The fraction of sp³-hybridized carbons (Fsp3) is 0.727. The Balaban J connectivity index is 2.33. The first-order valence-corrected chi connectivity index (χ1v) is 8.35. The number of carbonyl (C=O) groups excluding carboxylic acids is 1. The smallest absolute Gasteiger partial charge is 0.254 e. The zero-order valence-corrected chi connectivity index (χ0v) is 11.8. The van der Waals surface area contributed by atoms with Crippen molar-refractivity contribution in [3.05, 3.63) is 12.2 Å². The van der Waals surface area contributed by atoms with Crippen LogP contribution in [0.5, 0.6) is 0 Å². The number of amides is 1. The van der Waals surface area contributed by atoms with E-state index in [-0.39, 0.29) is 19.1 Å². The first-order chi connectivity index (χ1) is 8.82. The van der Waals surface area contributed by atoms with E-state index in [0.717, 1.165) is 19.5 Å². The molecule has 1 amide bonds. The summed E-state index contributed by atoms with van der Waals surface area (Å²) in [7, 11) is -3.57. The summed E-state index contributed by atoms with van der Waals surface area (Å²) in [6.45, 7) is 0.684. The molecular weight excluding hydrogens is 271 g/mol.